The van der Waals surface area contributed by atoms with Gasteiger partial charge in [-0.25, -0.2) is 0 Å². The van der Waals surface area contributed by atoms with E-state index in [-0.39, 0.29) is 11.9 Å². The molecule has 3 nitrogen and oxygen atoms in total. The molecule has 1 heterocycles. The van der Waals surface area contributed by atoms with E-state index in [2.05, 4.69) is 17.4 Å². The minimum Gasteiger partial charge on any atom is -0.355 e. The van der Waals surface area contributed by atoms with E-state index in [9.17, 15) is 4.79 Å². The van der Waals surface area contributed by atoms with Crippen molar-refractivity contribution < 1.29 is 4.79 Å². The lowest BCUT2D eigenvalue weighted by Gasteiger charge is -2.16. The van der Waals surface area contributed by atoms with Gasteiger partial charge in [-0.2, -0.15) is 0 Å². The fourth-order valence-corrected chi connectivity index (χ4v) is 2.06. The molecule has 1 aliphatic rings. The average Bonchev–Trinajstić information content (AvgIpc) is 2.41. The summed E-state index contributed by atoms with van der Waals surface area (Å²) in [7, 11) is 0. The van der Waals surface area contributed by atoms with Crippen LogP contribution in [-0.2, 0) is 4.79 Å². The molecule has 2 atom stereocenters. The van der Waals surface area contributed by atoms with Gasteiger partial charge in [0.05, 0.1) is 0 Å². The minimum absolute atomic E-state index is 0.0160. The Hall–Kier alpha value is -1.35. The molecule has 3 N–H and O–H groups in total. The second kappa shape index (κ2) is 4.45. The van der Waals surface area contributed by atoms with Crippen LogP contribution in [0.1, 0.15) is 24.3 Å². The maximum atomic E-state index is 11.3. The molecule has 80 valence electrons. The molecule has 1 aromatic rings. The van der Waals surface area contributed by atoms with Crippen LogP contribution in [0.15, 0.2) is 30.3 Å². The number of benzene rings is 1. The molecule has 0 aliphatic carbocycles. The summed E-state index contributed by atoms with van der Waals surface area (Å²) in [6, 6.07) is 10.2. The summed E-state index contributed by atoms with van der Waals surface area (Å²) >= 11 is 0. The molecule has 1 saturated heterocycles. The van der Waals surface area contributed by atoms with Gasteiger partial charge in [0.15, 0.2) is 0 Å². The predicted octanol–water partition coefficient (Wildman–Crippen LogP) is 1.01. The Balaban J connectivity index is 2.13. The van der Waals surface area contributed by atoms with Gasteiger partial charge in [0.2, 0.25) is 5.91 Å². The number of amides is 1. The third-order valence-electron chi connectivity index (χ3n) is 2.85. The van der Waals surface area contributed by atoms with Gasteiger partial charge in [-0.3, -0.25) is 4.79 Å². The second-order valence-corrected chi connectivity index (χ2v) is 4.11. The van der Waals surface area contributed by atoms with Crippen molar-refractivity contribution in [3.05, 3.63) is 35.9 Å². The van der Waals surface area contributed by atoms with Crippen LogP contribution in [0.3, 0.4) is 0 Å². The van der Waals surface area contributed by atoms with Crippen LogP contribution in [0.5, 0.6) is 0 Å². The van der Waals surface area contributed by atoms with E-state index < -0.39 is 0 Å². The van der Waals surface area contributed by atoms with Crippen molar-refractivity contribution in [1.82, 2.24) is 5.32 Å². The number of nitrogens with two attached hydrogens (primary N) is 1. The Morgan fingerprint density at radius 2 is 2.00 bits per heavy atom. The third kappa shape index (κ3) is 2.57. The van der Waals surface area contributed by atoms with Crippen LogP contribution in [0.2, 0.25) is 0 Å². The van der Waals surface area contributed by atoms with E-state index in [1.165, 1.54) is 5.56 Å². The first-order valence-corrected chi connectivity index (χ1v) is 5.33. The zero-order valence-electron chi connectivity index (χ0n) is 8.65. The van der Waals surface area contributed by atoms with E-state index in [1.807, 2.05) is 18.2 Å². The van der Waals surface area contributed by atoms with Crippen molar-refractivity contribution in [3.63, 3.8) is 0 Å². The van der Waals surface area contributed by atoms with Gasteiger partial charge in [0.25, 0.3) is 0 Å². The van der Waals surface area contributed by atoms with Crippen LogP contribution in [0, 0.1) is 0 Å². The van der Waals surface area contributed by atoms with E-state index in [0.717, 1.165) is 6.42 Å². The van der Waals surface area contributed by atoms with Crippen molar-refractivity contribution in [2.75, 3.05) is 6.54 Å². The zero-order chi connectivity index (χ0) is 10.7. The van der Waals surface area contributed by atoms with E-state index in [0.29, 0.717) is 18.9 Å². The highest BCUT2D eigenvalue weighted by Gasteiger charge is 2.22. The van der Waals surface area contributed by atoms with Crippen LogP contribution in [-0.4, -0.2) is 18.5 Å². The molecular formula is C12H16N2O. The average molecular weight is 204 g/mol. The topological polar surface area (TPSA) is 55.1 Å². The lowest BCUT2D eigenvalue weighted by molar-refractivity contribution is -0.120. The molecular weight excluding hydrogens is 188 g/mol. The quantitative estimate of drug-likeness (QED) is 0.717. The van der Waals surface area contributed by atoms with Crippen LogP contribution < -0.4 is 11.1 Å². The Bertz CT molecular complexity index is 337. The maximum absolute atomic E-state index is 11.3. The monoisotopic (exact) mass is 204 g/mol. The summed E-state index contributed by atoms with van der Waals surface area (Å²) in [5, 5.41) is 2.90. The Morgan fingerprint density at radius 3 is 2.73 bits per heavy atom. The molecule has 0 radical (unpaired) electrons. The van der Waals surface area contributed by atoms with Crippen LogP contribution >= 0.6 is 0 Å². The van der Waals surface area contributed by atoms with Gasteiger partial charge < -0.3 is 11.1 Å². The number of nitrogens with one attached hydrogen (secondary N) is 1. The zero-order valence-corrected chi connectivity index (χ0v) is 8.65. The second-order valence-electron chi connectivity index (χ2n) is 4.11. The molecule has 2 rings (SSSR count). The maximum Gasteiger partial charge on any atom is 0.221 e. The van der Waals surface area contributed by atoms with Crippen molar-refractivity contribution in [2.45, 2.75) is 24.8 Å². The first kappa shape index (κ1) is 10.2. The smallest absolute Gasteiger partial charge is 0.221 e. The van der Waals surface area contributed by atoms with Crippen molar-refractivity contribution in [3.8, 4) is 0 Å². The molecule has 0 spiro atoms. The molecule has 2 unspecified atom stereocenters. The standard InChI is InChI=1S/C12H16N2O/c13-11-6-10(8-14-12(15)7-11)9-4-2-1-3-5-9/h1-5,10-11H,6-8,13H2,(H,14,15). The van der Waals surface area contributed by atoms with Gasteiger partial charge in [0.1, 0.15) is 0 Å². The summed E-state index contributed by atoms with van der Waals surface area (Å²) in [6.45, 7) is 0.705. The normalized spacial score (nSPS) is 26.9. The highest BCUT2D eigenvalue weighted by molar-refractivity contribution is 5.77. The van der Waals surface area contributed by atoms with E-state index >= 15 is 0 Å². The molecule has 0 saturated carbocycles. The Kier molecular flexibility index (Phi) is 3.02. The van der Waals surface area contributed by atoms with E-state index in [1.54, 1.807) is 0 Å². The Morgan fingerprint density at radius 1 is 1.27 bits per heavy atom. The molecule has 1 aliphatic heterocycles. The molecule has 1 amide bonds. The number of carbonyl (C=O) groups excluding carboxylic acids is 1. The fraction of sp³-hybridized carbons (Fsp3) is 0.417. The molecule has 0 bridgehead atoms. The lowest BCUT2D eigenvalue weighted by Crippen LogP contribution is -2.27. The summed E-state index contributed by atoms with van der Waals surface area (Å²) in [4.78, 5) is 11.3. The lowest BCUT2D eigenvalue weighted by atomic mass is 9.93. The summed E-state index contributed by atoms with van der Waals surface area (Å²) in [5.41, 5.74) is 7.15. The highest BCUT2D eigenvalue weighted by Crippen LogP contribution is 2.22. The summed E-state index contributed by atoms with van der Waals surface area (Å²) < 4.78 is 0. The van der Waals surface area contributed by atoms with E-state index in [4.69, 9.17) is 5.73 Å². The number of hydrogen-bond acceptors (Lipinski definition) is 2. The van der Waals surface area contributed by atoms with Crippen molar-refractivity contribution in [2.24, 2.45) is 5.73 Å². The number of hydrogen-bond donors (Lipinski definition) is 2. The van der Waals surface area contributed by atoms with Crippen LogP contribution in [0.4, 0.5) is 0 Å². The van der Waals surface area contributed by atoms with Gasteiger partial charge >= 0.3 is 0 Å². The fourth-order valence-electron chi connectivity index (χ4n) is 2.06. The van der Waals surface area contributed by atoms with Crippen LogP contribution in [0.25, 0.3) is 0 Å². The molecule has 0 aromatic heterocycles. The van der Waals surface area contributed by atoms with Gasteiger partial charge in [-0.05, 0) is 12.0 Å². The van der Waals surface area contributed by atoms with Gasteiger partial charge in [-0.15, -0.1) is 0 Å². The molecule has 15 heavy (non-hydrogen) atoms. The summed E-state index contributed by atoms with van der Waals surface area (Å²) in [5.74, 6) is 0.425. The minimum atomic E-state index is -0.0160. The number of carbonyl (C=O) groups is 1. The first-order valence-electron chi connectivity index (χ1n) is 5.33. The van der Waals surface area contributed by atoms with Crippen molar-refractivity contribution >= 4 is 5.91 Å². The highest BCUT2D eigenvalue weighted by atomic mass is 16.1. The summed E-state index contributed by atoms with van der Waals surface area (Å²) in [6.07, 6.45) is 1.33. The SMILES string of the molecule is NC1CC(=O)NCC(c2ccccc2)C1. The van der Waals surface area contributed by atoms with Crippen molar-refractivity contribution in [1.29, 1.82) is 0 Å². The molecule has 3 heteroatoms. The molecule has 1 aromatic carbocycles. The third-order valence-corrected chi connectivity index (χ3v) is 2.85. The largest absolute Gasteiger partial charge is 0.355 e. The van der Waals surface area contributed by atoms with Gasteiger partial charge in [0, 0.05) is 24.9 Å². The van der Waals surface area contributed by atoms with Gasteiger partial charge in [-0.1, -0.05) is 30.3 Å². The number of rotatable bonds is 1. The predicted molar refractivity (Wildman–Crippen MR) is 59.4 cm³/mol. The Labute approximate surface area is 89.7 Å². The molecule has 1 fully saturated rings. The first-order chi connectivity index (χ1) is 7.25.